The average Bonchev–Trinajstić information content (AvgIpc) is 2.25. The molecule has 16 heavy (non-hydrogen) atoms. The lowest BCUT2D eigenvalue weighted by atomic mass is 10.2. The van der Waals surface area contributed by atoms with Gasteiger partial charge in [0, 0.05) is 18.8 Å². The van der Waals surface area contributed by atoms with Crippen molar-refractivity contribution in [3.05, 3.63) is 24.3 Å². The van der Waals surface area contributed by atoms with Crippen LogP contribution in [-0.4, -0.2) is 33.0 Å². The molecule has 0 spiro atoms. The van der Waals surface area contributed by atoms with Crippen LogP contribution in [0.2, 0.25) is 0 Å². The van der Waals surface area contributed by atoms with Gasteiger partial charge >= 0.3 is 0 Å². The molecule has 1 aromatic carbocycles. The topological polar surface area (TPSA) is 63.6 Å². The van der Waals surface area contributed by atoms with Gasteiger partial charge in [-0.3, -0.25) is 0 Å². The maximum absolute atomic E-state index is 11.3. The molecule has 1 N–H and O–H groups in total. The van der Waals surface area contributed by atoms with Crippen molar-refractivity contribution in [1.29, 1.82) is 0 Å². The van der Waals surface area contributed by atoms with E-state index in [1.54, 1.807) is 12.1 Å². The van der Waals surface area contributed by atoms with Gasteiger partial charge in [-0.2, -0.15) is 0 Å². The Kier molecular flexibility index (Phi) is 4.32. The van der Waals surface area contributed by atoms with Crippen molar-refractivity contribution in [2.45, 2.75) is 11.8 Å². The molecule has 0 heterocycles. The van der Waals surface area contributed by atoms with E-state index >= 15 is 0 Å². The Morgan fingerprint density at radius 1 is 1.44 bits per heavy atom. The molecule has 0 radical (unpaired) electrons. The van der Waals surface area contributed by atoms with Crippen molar-refractivity contribution in [3.63, 3.8) is 0 Å². The van der Waals surface area contributed by atoms with Gasteiger partial charge in [0.25, 0.3) is 0 Å². The van der Waals surface area contributed by atoms with Crippen molar-refractivity contribution in [3.8, 4) is 5.75 Å². The van der Waals surface area contributed by atoms with Gasteiger partial charge in [0.1, 0.15) is 5.75 Å². The first-order chi connectivity index (χ1) is 7.43. The maximum atomic E-state index is 11.3. The van der Waals surface area contributed by atoms with E-state index in [1.807, 2.05) is 6.92 Å². The fraction of sp³-hybridized carbons (Fsp3) is 0.455. The molecule has 0 saturated heterocycles. The molecule has 0 saturated carbocycles. The smallest absolute Gasteiger partial charge is 0.175 e. The van der Waals surface area contributed by atoms with E-state index < -0.39 is 9.84 Å². The van der Waals surface area contributed by atoms with Crippen molar-refractivity contribution in [1.82, 2.24) is 0 Å². The fourth-order valence-corrected chi connectivity index (χ4v) is 1.74. The second kappa shape index (κ2) is 5.32. The first-order valence-corrected chi connectivity index (χ1v) is 6.86. The first kappa shape index (κ1) is 13.0. The lowest BCUT2D eigenvalue weighted by Gasteiger charge is -2.10. The van der Waals surface area contributed by atoms with Crippen molar-refractivity contribution >= 4 is 9.84 Å². The standard InChI is InChI=1S/C11H16O4S/c1-9(7-12)8-15-10-4-3-5-11(6-10)16(2,13)14/h3-6,9,12H,7-8H2,1-2H3. The van der Waals surface area contributed by atoms with Crippen LogP contribution in [0.4, 0.5) is 0 Å². The molecule has 1 atom stereocenters. The van der Waals surface area contributed by atoms with Crippen LogP contribution in [0.3, 0.4) is 0 Å². The third-order valence-corrected chi connectivity index (χ3v) is 3.19. The molecule has 1 aromatic rings. The van der Waals surface area contributed by atoms with Gasteiger partial charge in [0.2, 0.25) is 0 Å². The highest BCUT2D eigenvalue weighted by molar-refractivity contribution is 7.90. The minimum Gasteiger partial charge on any atom is -0.493 e. The van der Waals surface area contributed by atoms with E-state index in [0.717, 1.165) is 6.26 Å². The summed E-state index contributed by atoms with van der Waals surface area (Å²) in [5.74, 6) is 0.533. The van der Waals surface area contributed by atoms with Gasteiger partial charge in [-0.15, -0.1) is 0 Å². The van der Waals surface area contributed by atoms with Gasteiger partial charge in [0.05, 0.1) is 11.5 Å². The van der Waals surface area contributed by atoms with Gasteiger partial charge in [-0.25, -0.2) is 8.42 Å². The number of benzene rings is 1. The third-order valence-electron chi connectivity index (χ3n) is 2.08. The number of rotatable bonds is 5. The highest BCUT2D eigenvalue weighted by atomic mass is 32.2. The molecule has 5 heteroatoms. The number of hydrogen-bond acceptors (Lipinski definition) is 4. The van der Waals surface area contributed by atoms with Gasteiger partial charge in [-0.1, -0.05) is 13.0 Å². The Morgan fingerprint density at radius 3 is 2.69 bits per heavy atom. The van der Waals surface area contributed by atoms with Gasteiger partial charge in [-0.05, 0) is 18.2 Å². The largest absolute Gasteiger partial charge is 0.493 e. The molecule has 0 aliphatic rings. The van der Waals surface area contributed by atoms with E-state index in [-0.39, 0.29) is 17.4 Å². The minimum absolute atomic E-state index is 0.0295. The molecule has 0 fully saturated rings. The molecular formula is C11H16O4S. The van der Waals surface area contributed by atoms with Crippen LogP contribution in [-0.2, 0) is 9.84 Å². The van der Waals surface area contributed by atoms with Crippen LogP contribution < -0.4 is 4.74 Å². The van der Waals surface area contributed by atoms with E-state index in [4.69, 9.17) is 9.84 Å². The summed E-state index contributed by atoms with van der Waals surface area (Å²) in [6.45, 7) is 2.26. The summed E-state index contributed by atoms with van der Waals surface area (Å²) in [4.78, 5) is 0.238. The number of hydrogen-bond donors (Lipinski definition) is 1. The Bertz CT molecular complexity index is 439. The van der Waals surface area contributed by atoms with Gasteiger partial charge < -0.3 is 9.84 Å². The first-order valence-electron chi connectivity index (χ1n) is 4.97. The second-order valence-electron chi connectivity index (χ2n) is 3.85. The number of sulfone groups is 1. The lowest BCUT2D eigenvalue weighted by Crippen LogP contribution is -2.12. The zero-order chi connectivity index (χ0) is 12.2. The summed E-state index contributed by atoms with van der Waals surface area (Å²) in [5, 5.41) is 8.82. The lowest BCUT2D eigenvalue weighted by molar-refractivity contribution is 0.174. The number of aliphatic hydroxyl groups is 1. The number of aliphatic hydroxyl groups excluding tert-OH is 1. The molecule has 0 aromatic heterocycles. The summed E-state index contributed by atoms with van der Waals surface area (Å²) >= 11 is 0. The van der Waals surface area contributed by atoms with Crippen molar-refractivity contribution in [2.24, 2.45) is 5.92 Å². The van der Waals surface area contributed by atoms with Crippen LogP contribution in [0, 0.1) is 5.92 Å². The third kappa shape index (κ3) is 3.83. The van der Waals surface area contributed by atoms with E-state index in [1.165, 1.54) is 12.1 Å². The van der Waals surface area contributed by atoms with Crippen LogP contribution in [0.5, 0.6) is 5.75 Å². The molecule has 0 amide bonds. The Hall–Kier alpha value is -1.07. The van der Waals surface area contributed by atoms with E-state index in [2.05, 4.69) is 0 Å². The average molecular weight is 244 g/mol. The molecule has 4 nitrogen and oxygen atoms in total. The Morgan fingerprint density at radius 2 is 2.12 bits per heavy atom. The maximum Gasteiger partial charge on any atom is 0.175 e. The summed E-state index contributed by atoms with van der Waals surface area (Å²) < 4.78 is 27.9. The van der Waals surface area contributed by atoms with E-state index in [9.17, 15) is 8.42 Å². The van der Waals surface area contributed by atoms with Crippen LogP contribution >= 0.6 is 0 Å². The van der Waals surface area contributed by atoms with Crippen LogP contribution in [0.1, 0.15) is 6.92 Å². The quantitative estimate of drug-likeness (QED) is 0.842. The zero-order valence-electron chi connectivity index (χ0n) is 9.38. The molecule has 0 aliphatic carbocycles. The summed E-state index contributed by atoms with van der Waals surface area (Å²) in [6, 6.07) is 6.34. The van der Waals surface area contributed by atoms with Gasteiger partial charge in [0.15, 0.2) is 9.84 Å². The number of ether oxygens (including phenoxy) is 1. The summed E-state index contributed by atoms with van der Waals surface area (Å²) in [5.41, 5.74) is 0. The predicted octanol–water partition coefficient (Wildman–Crippen LogP) is 1.10. The molecule has 0 bridgehead atoms. The molecule has 0 aliphatic heterocycles. The minimum atomic E-state index is -3.20. The zero-order valence-corrected chi connectivity index (χ0v) is 10.2. The molecule has 90 valence electrons. The molecule has 1 rings (SSSR count). The van der Waals surface area contributed by atoms with Crippen LogP contribution in [0.25, 0.3) is 0 Å². The highest BCUT2D eigenvalue weighted by Crippen LogP contribution is 2.17. The second-order valence-corrected chi connectivity index (χ2v) is 5.86. The summed E-state index contributed by atoms with van der Waals surface area (Å²) in [7, 11) is -3.20. The van der Waals surface area contributed by atoms with Crippen molar-refractivity contribution < 1.29 is 18.3 Å². The predicted molar refractivity (Wildman–Crippen MR) is 61.3 cm³/mol. The SMILES string of the molecule is CC(CO)COc1cccc(S(C)(=O)=O)c1. The van der Waals surface area contributed by atoms with Crippen molar-refractivity contribution in [2.75, 3.05) is 19.5 Å². The Balaban J connectivity index is 2.76. The van der Waals surface area contributed by atoms with E-state index in [0.29, 0.717) is 12.4 Å². The monoisotopic (exact) mass is 244 g/mol. The Labute approximate surface area is 95.8 Å². The normalized spacial score (nSPS) is 13.4. The molecular weight excluding hydrogens is 228 g/mol. The highest BCUT2D eigenvalue weighted by Gasteiger charge is 2.08. The summed E-state index contributed by atoms with van der Waals surface area (Å²) in [6.07, 6.45) is 1.16. The van der Waals surface area contributed by atoms with Crippen LogP contribution in [0.15, 0.2) is 29.2 Å². The fourth-order valence-electron chi connectivity index (χ4n) is 1.09. The molecule has 1 unspecified atom stereocenters.